The number of methoxy groups -OCH3 is 2. The van der Waals surface area contributed by atoms with Gasteiger partial charge in [-0.15, -0.1) is 10.2 Å². The molecule has 7 nitrogen and oxygen atoms in total. The molecule has 0 fully saturated rings. The van der Waals surface area contributed by atoms with Crippen LogP contribution >= 0.6 is 11.3 Å². The van der Waals surface area contributed by atoms with Gasteiger partial charge in [0.2, 0.25) is 5.13 Å². The average Bonchev–Trinajstić information content (AvgIpc) is 3.05. The summed E-state index contributed by atoms with van der Waals surface area (Å²) >= 11 is 1.40. The van der Waals surface area contributed by atoms with Crippen molar-refractivity contribution >= 4 is 22.5 Å². The zero-order valence-electron chi connectivity index (χ0n) is 14.1. The molecule has 1 heterocycles. The summed E-state index contributed by atoms with van der Waals surface area (Å²) in [5.41, 5.74) is 0.877. The van der Waals surface area contributed by atoms with Crippen LogP contribution in [0.2, 0.25) is 0 Å². The minimum Gasteiger partial charge on any atom is -0.497 e. The first-order valence-electron chi connectivity index (χ1n) is 7.73. The Morgan fingerprint density at radius 1 is 1.17 bits per heavy atom. The number of ether oxygens (including phenoxy) is 2. The van der Waals surface area contributed by atoms with Crippen molar-refractivity contribution in [1.82, 2.24) is 15.5 Å². The van der Waals surface area contributed by atoms with Gasteiger partial charge in [-0.05, 0) is 24.1 Å². The third-order valence-electron chi connectivity index (χ3n) is 3.30. The van der Waals surface area contributed by atoms with Crippen molar-refractivity contribution in [3.63, 3.8) is 0 Å². The van der Waals surface area contributed by atoms with Crippen LogP contribution in [0.15, 0.2) is 18.2 Å². The molecule has 0 atom stereocenters. The molecule has 0 unspecified atom stereocenters. The summed E-state index contributed by atoms with van der Waals surface area (Å²) in [6.07, 6.45) is 3.06. The molecule has 1 aromatic carbocycles. The maximum Gasteiger partial charge on any atom is 0.321 e. The summed E-state index contributed by atoms with van der Waals surface area (Å²) in [5, 5.41) is 15.0. The van der Waals surface area contributed by atoms with Crippen LogP contribution in [0, 0.1) is 0 Å². The van der Waals surface area contributed by atoms with E-state index >= 15 is 0 Å². The minimum absolute atomic E-state index is 0.324. The first kappa shape index (κ1) is 18.0. The highest BCUT2D eigenvalue weighted by molar-refractivity contribution is 7.15. The molecule has 0 aliphatic heterocycles. The normalized spacial score (nSPS) is 10.3. The number of carbonyl (C=O) groups is 1. The monoisotopic (exact) mass is 350 g/mol. The van der Waals surface area contributed by atoms with Gasteiger partial charge in [0.25, 0.3) is 0 Å². The molecule has 0 saturated heterocycles. The van der Waals surface area contributed by atoms with Gasteiger partial charge in [0, 0.05) is 19.0 Å². The molecule has 24 heavy (non-hydrogen) atoms. The van der Waals surface area contributed by atoms with E-state index in [1.165, 1.54) is 11.3 Å². The fourth-order valence-electron chi connectivity index (χ4n) is 2.03. The third-order valence-corrected chi connectivity index (χ3v) is 4.19. The molecular weight excluding hydrogens is 328 g/mol. The van der Waals surface area contributed by atoms with Crippen molar-refractivity contribution < 1.29 is 14.3 Å². The van der Waals surface area contributed by atoms with E-state index in [0.717, 1.165) is 29.8 Å². The van der Waals surface area contributed by atoms with Gasteiger partial charge in [0.1, 0.15) is 16.5 Å². The zero-order chi connectivity index (χ0) is 17.4. The van der Waals surface area contributed by atoms with Crippen LogP contribution in [0.1, 0.15) is 30.3 Å². The predicted octanol–water partition coefficient (Wildman–Crippen LogP) is 3.22. The number of urea groups is 1. The van der Waals surface area contributed by atoms with Crippen molar-refractivity contribution in [3.8, 4) is 11.5 Å². The number of nitrogens with zero attached hydrogens (tertiary/aromatic N) is 2. The molecule has 8 heteroatoms. The number of benzene rings is 1. The van der Waals surface area contributed by atoms with E-state index in [1.54, 1.807) is 20.3 Å². The van der Waals surface area contributed by atoms with Gasteiger partial charge < -0.3 is 14.8 Å². The number of rotatable bonds is 8. The van der Waals surface area contributed by atoms with Gasteiger partial charge in [-0.1, -0.05) is 24.7 Å². The van der Waals surface area contributed by atoms with Crippen LogP contribution in [-0.4, -0.2) is 30.4 Å². The number of anilines is 1. The summed E-state index contributed by atoms with van der Waals surface area (Å²) in [7, 11) is 3.18. The maximum atomic E-state index is 12.0. The highest BCUT2D eigenvalue weighted by Gasteiger charge is 2.08. The lowest BCUT2D eigenvalue weighted by Gasteiger charge is -2.09. The van der Waals surface area contributed by atoms with Gasteiger partial charge in [-0.2, -0.15) is 0 Å². The number of aryl methyl sites for hydroxylation is 1. The summed E-state index contributed by atoms with van der Waals surface area (Å²) in [5.74, 6) is 1.35. The second-order valence-corrected chi connectivity index (χ2v) is 6.20. The van der Waals surface area contributed by atoms with Crippen LogP contribution < -0.4 is 20.1 Å². The molecule has 2 rings (SSSR count). The quantitative estimate of drug-likeness (QED) is 0.763. The van der Waals surface area contributed by atoms with E-state index in [2.05, 4.69) is 27.8 Å². The Bertz CT molecular complexity index is 653. The third kappa shape index (κ3) is 5.38. The number of hydrogen-bond acceptors (Lipinski definition) is 6. The van der Waals surface area contributed by atoms with Gasteiger partial charge in [-0.3, -0.25) is 5.32 Å². The van der Waals surface area contributed by atoms with Gasteiger partial charge in [-0.25, -0.2) is 4.79 Å². The van der Waals surface area contributed by atoms with E-state index in [1.807, 2.05) is 12.1 Å². The zero-order valence-corrected chi connectivity index (χ0v) is 14.9. The fourth-order valence-corrected chi connectivity index (χ4v) is 2.80. The lowest BCUT2D eigenvalue weighted by atomic mass is 10.2. The second-order valence-electron chi connectivity index (χ2n) is 5.13. The molecule has 2 aromatic rings. The second kappa shape index (κ2) is 9.07. The topological polar surface area (TPSA) is 85.4 Å². The lowest BCUT2D eigenvalue weighted by molar-refractivity contribution is 0.251. The maximum absolute atomic E-state index is 12.0. The molecular formula is C16H22N4O3S. The molecule has 0 aliphatic carbocycles. The Labute approximate surface area is 145 Å². The number of carbonyl (C=O) groups excluding carboxylic acids is 1. The average molecular weight is 350 g/mol. The van der Waals surface area contributed by atoms with E-state index in [0.29, 0.717) is 23.2 Å². The molecule has 2 N–H and O–H groups in total. The van der Waals surface area contributed by atoms with Gasteiger partial charge in [0.15, 0.2) is 0 Å². The molecule has 0 bridgehead atoms. The highest BCUT2D eigenvalue weighted by Crippen LogP contribution is 2.22. The summed E-state index contributed by atoms with van der Waals surface area (Å²) < 4.78 is 10.4. The van der Waals surface area contributed by atoms with Crippen LogP contribution in [0.25, 0.3) is 0 Å². The Balaban J connectivity index is 1.87. The Morgan fingerprint density at radius 2 is 1.88 bits per heavy atom. The number of unbranched alkanes of at least 4 members (excludes halogenated alkanes) is 1. The van der Waals surface area contributed by atoms with Crippen molar-refractivity contribution in [2.45, 2.75) is 32.7 Å². The SMILES string of the molecule is CCCCc1nnc(NC(=O)NCc2cc(OC)cc(OC)c2)s1. The fraction of sp³-hybridized carbons (Fsp3) is 0.438. The highest BCUT2D eigenvalue weighted by atomic mass is 32.1. The Kier molecular flexibility index (Phi) is 6.80. The lowest BCUT2D eigenvalue weighted by Crippen LogP contribution is -2.28. The van der Waals surface area contributed by atoms with Crippen molar-refractivity contribution in [1.29, 1.82) is 0 Å². The van der Waals surface area contributed by atoms with Gasteiger partial charge >= 0.3 is 6.03 Å². The van der Waals surface area contributed by atoms with Crippen molar-refractivity contribution in [3.05, 3.63) is 28.8 Å². The molecule has 0 aliphatic rings. The van der Waals surface area contributed by atoms with Crippen LogP contribution in [0.5, 0.6) is 11.5 Å². The van der Waals surface area contributed by atoms with E-state index < -0.39 is 0 Å². The predicted molar refractivity (Wildman–Crippen MR) is 93.9 cm³/mol. The van der Waals surface area contributed by atoms with Crippen LogP contribution in [0.4, 0.5) is 9.93 Å². The molecule has 130 valence electrons. The smallest absolute Gasteiger partial charge is 0.321 e. The van der Waals surface area contributed by atoms with E-state index in [9.17, 15) is 4.79 Å². The summed E-state index contributed by atoms with van der Waals surface area (Å²) in [6, 6.07) is 5.14. The van der Waals surface area contributed by atoms with Crippen molar-refractivity contribution in [2.75, 3.05) is 19.5 Å². The molecule has 0 saturated carbocycles. The van der Waals surface area contributed by atoms with Crippen molar-refractivity contribution in [2.24, 2.45) is 0 Å². The minimum atomic E-state index is -0.324. The summed E-state index contributed by atoms with van der Waals surface area (Å²) in [4.78, 5) is 12.0. The molecule has 0 spiro atoms. The molecule has 0 radical (unpaired) electrons. The Hall–Kier alpha value is -2.35. The first-order valence-corrected chi connectivity index (χ1v) is 8.55. The Morgan fingerprint density at radius 3 is 2.50 bits per heavy atom. The molecule has 2 amide bonds. The summed E-state index contributed by atoms with van der Waals surface area (Å²) in [6.45, 7) is 2.47. The molecule has 1 aromatic heterocycles. The van der Waals surface area contributed by atoms with Gasteiger partial charge in [0.05, 0.1) is 14.2 Å². The largest absolute Gasteiger partial charge is 0.497 e. The van der Waals surface area contributed by atoms with E-state index in [4.69, 9.17) is 9.47 Å². The van der Waals surface area contributed by atoms with Crippen LogP contribution in [-0.2, 0) is 13.0 Å². The van der Waals surface area contributed by atoms with E-state index in [-0.39, 0.29) is 6.03 Å². The number of aromatic nitrogens is 2. The first-order chi connectivity index (χ1) is 11.6. The van der Waals surface area contributed by atoms with Crippen LogP contribution in [0.3, 0.4) is 0 Å². The number of amides is 2. The number of hydrogen-bond donors (Lipinski definition) is 2. The number of nitrogens with one attached hydrogen (secondary N) is 2. The standard InChI is InChI=1S/C16H22N4O3S/c1-4-5-6-14-19-20-16(24-14)18-15(21)17-10-11-7-12(22-2)9-13(8-11)23-3/h7-9H,4-6,10H2,1-3H3,(H2,17,18,20,21).